The zero-order valence-corrected chi connectivity index (χ0v) is 13.4. The third-order valence-electron chi connectivity index (χ3n) is 2.81. The van der Waals surface area contributed by atoms with E-state index in [2.05, 4.69) is 40.1 Å². The Labute approximate surface area is 125 Å². The normalized spacial score (nSPS) is 10.9. The molecule has 102 valence electrons. The fraction of sp³-hybridized carbons (Fsp3) is 0.357. The molecule has 0 amide bonds. The van der Waals surface area contributed by atoms with Gasteiger partial charge in [0.1, 0.15) is 10.8 Å². The number of hydrogen-bond acceptors (Lipinski definition) is 3. The van der Waals surface area contributed by atoms with Gasteiger partial charge in [-0.1, -0.05) is 29.8 Å². The minimum atomic E-state index is -0.235. The van der Waals surface area contributed by atoms with Crippen molar-refractivity contribution >= 4 is 27.3 Å². The van der Waals surface area contributed by atoms with Crippen LogP contribution in [0.1, 0.15) is 24.4 Å². The maximum absolute atomic E-state index is 14.0. The van der Waals surface area contributed by atoms with Crippen molar-refractivity contribution in [2.24, 2.45) is 0 Å². The Morgan fingerprint density at radius 2 is 2.16 bits per heavy atom. The fourth-order valence-electron chi connectivity index (χ4n) is 1.81. The Kier molecular flexibility index (Phi) is 5.07. The fourth-order valence-corrected chi connectivity index (χ4v) is 3.29. The number of aryl methyl sites for hydroxylation is 1. The zero-order chi connectivity index (χ0) is 13.8. The van der Waals surface area contributed by atoms with Crippen LogP contribution in [0.4, 0.5) is 4.39 Å². The summed E-state index contributed by atoms with van der Waals surface area (Å²) in [7, 11) is 0. The van der Waals surface area contributed by atoms with E-state index in [1.165, 1.54) is 10.9 Å². The minimum absolute atomic E-state index is 0.235. The van der Waals surface area contributed by atoms with E-state index in [0.717, 1.165) is 34.7 Å². The summed E-state index contributed by atoms with van der Waals surface area (Å²) in [4.78, 5) is 5.76. The molecule has 0 radical (unpaired) electrons. The van der Waals surface area contributed by atoms with Crippen molar-refractivity contribution in [2.75, 3.05) is 6.54 Å². The molecule has 0 atom stereocenters. The summed E-state index contributed by atoms with van der Waals surface area (Å²) in [6.07, 6.45) is 0.870. The summed E-state index contributed by atoms with van der Waals surface area (Å²) in [5.41, 5.74) is 1.63. The quantitative estimate of drug-likeness (QED) is 0.871. The molecule has 2 aromatic rings. The lowest BCUT2D eigenvalue weighted by atomic mass is 10.2. The summed E-state index contributed by atoms with van der Waals surface area (Å²) in [6.45, 7) is 5.87. The van der Waals surface area contributed by atoms with Crippen molar-refractivity contribution in [1.29, 1.82) is 0 Å². The van der Waals surface area contributed by atoms with Gasteiger partial charge < -0.3 is 5.32 Å². The van der Waals surface area contributed by atoms with Gasteiger partial charge in [-0.05, 0) is 31.2 Å². The molecular weight excluding hydrogens is 327 g/mol. The molecule has 0 bridgehead atoms. The summed E-state index contributed by atoms with van der Waals surface area (Å²) in [5, 5.41) is 4.06. The van der Waals surface area contributed by atoms with Crippen LogP contribution in [0.5, 0.6) is 0 Å². The molecule has 0 fully saturated rings. The number of aromatic nitrogens is 1. The molecule has 2 nitrogen and oxygen atoms in total. The van der Waals surface area contributed by atoms with Crippen molar-refractivity contribution in [3.63, 3.8) is 0 Å². The van der Waals surface area contributed by atoms with Gasteiger partial charge >= 0.3 is 0 Å². The largest absolute Gasteiger partial charge is 0.312 e. The van der Waals surface area contributed by atoms with Crippen LogP contribution in [0.25, 0.3) is 10.6 Å². The molecule has 0 unspecified atom stereocenters. The molecule has 0 aliphatic rings. The zero-order valence-electron chi connectivity index (χ0n) is 11.0. The topological polar surface area (TPSA) is 24.9 Å². The van der Waals surface area contributed by atoms with Crippen LogP contribution in [-0.2, 0) is 13.0 Å². The number of thiazole rings is 1. The molecule has 0 saturated carbocycles. The van der Waals surface area contributed by atoms with Crippen LogP contribution < -0.4 is 5.32 Å². The number of benzene rings is 1. The lowest BCUT2D eigenvalue weighted by Crippen LogP contribution is -2.11. The van der Waals surface area contributed by atoms with Gasteiger partial charge in [0.15, 0.2) is 0 Å². The number of nitrogens with one attached hydrogen (secondary N) is 1. The molecule has 2 rings (SSSR count). The number of halogens is 2. The van der Waals surface area contributed by atoms with Gasteiger partial charge in [-0.15, -0.1) is 11.3 Å². The van der Waals surface area contributed by atoms with Crippen LogP contribution in [-0.4, -0.2) is 11.5 Å². The lowest BCUT2D eigenvalue weighted by Gasteiger charge is -1.99. The third kappa shape index (κ3) is 3.41. The van der Waals surface area contributed by atoms with Crippen molar-refractivity contribution in [3.8, 4) is 10.6 Å². The van der Waals surface area contributed by atoms with E-state index in [9.17, 15) is 4.39 Å². The SMILES string of the molecule is CCNCc1sc(-c2ccc(Br)cc2F)nc1CC. The van der Waals surface area contributed by atoms with Crippen molar-refractivity contribution in [1.82, 2.24) is 10.3 Å². The summed E-state index contributed by atoms with van der Waals surface area (Å²) in [6, 6.07) is 5.09. The highest BCUT2D eigenvalue weighted by molar-refractivity contribution is 9.10. The molecule has 0 aliphatic carbocycles. The molecule has 0 saturated heterocycles. The van der Waals surface area contributed by atoms with E-state index in [0.29, 0.717) is 5.56 Å². The van der Waals surface area contributed by atoms with Crippen LogP contribution in [0, 0.1) is 5.82 Å². The van der Waals surface area contributed by atoms with Gasteiger partial charge in [-0.25, -0.2) is 9.37 Å². The first-order valence-electron chi connectivity index (χ1n) is 6.30. The predicted octanol–water partition coefficient (Wildman–Crippen LogP) is 4.38. The van der Waals surface area contributed by atoms with E-state index in [1.54, 1.807) is 17.4 Å². The average molecular weight is 343 g/mol. The minimum Gasteiger partial charge on any atom is -0.312 e. The van der Waals surface area contributed by atoms with Gasteiger partial charge in [-0.2, -0.15) is 0 Å². The second-order valence-corrected chi connectivity index (χ2v) is 6.15. The van der Waals surface area contributed by atoms with E-state index < -0.39 is 0 Å². The molecule has 0 spiro atoms. The standard InChI is InChI=1S/C14H16BrFN2S/c1-3-12-13(8-17-4-2)19-14(18-12)10-6-5-9(15)7-11(10)16/h5-7,17H,3-4,8H2,1-2H3. The number of nitrogens with zero attached hydrogens (tertiary/aromatic N) is 1. The molecule has 5 heteroatoms. The third-order valence-corrected chi connectivity index (χ3v) is 4.43. The van der Waals surface area contributed by atoms with E-state index in [-0.39, 0.29) is 5.82 Å². The molecule has 1 heterocycles. The second-order valence-electron chi connectivity index (χ2n) is 4.15. The summed E-state index contributed by atoms with van der Waals surface area (Å²) >= 11 is 4.84. The van der Waals surface area contributed by atoms with Crippen molar-refractivity contribution in [3.05, 3.63) is 39.1 Å². The number of rotatable bonds is 5. The smallest absolute Gasteiger partial charge is 0.134 e. The van der Waals surface area contributed by atoms with Crippen LogP contribution >= 0.6 is 27.3 Å². The van der Waals surface area contributed by atoms with E-state index in [1.807, 2.05) is 6.07 Å². The molecule has 1 aromatic heterocycles. The average Bonchev–Trinajstić information content (AvgIpc) is 2.79. The first kappa shape index (κ1) is 14.6. The molecule has 0 aliphatic heterocycles. The summed E-state index contributed by atoms with van der Waals surface area (Å²) in [5.74, 6) is -0.235. The first-order valence-corrected chi connectivity index (χ1v) is 7.91. The first-order chi connectivity index (χ1) is 9.15. The Morgan fingerprint density at radius 1 is 1.37 bits per heavy atom. The van der Waals surface area contributed by atoms with Crippen LogP contribution in [0.3, 0.4) is 0 Å². The summed E-state index contributed by atoms with van der Waals surface area (Å²) < 4.78 is 14.7. The van der Waals surface area contributed by atoms with Gasteiger partial charge in [0.05, 0.1) is 5.69 Å². The lowest BCUT2D eigenvalue weighted by molar-refractivity contribution is 0.630. The molecule has 1 aromatic carbocycles. The Hall–Kier alpha value is -0.780. The predicted molar refractivity (Wildman–Crippen MR) is 82.0 cm³/mol. The van der Waals surface area contributed by atoms with Crippen molar-refractivity contribution < 1.29 is 4.39 Å². The molecule has 19 heavy (non-hydrogen) atoms. The van der Waals surface area contributed by atoms with Gasteiger partial charge in [0.2, 0.25) is 0 Å². The van der Waals surface area contributed by atoms with Gasteiger partial charge in [0, 0.05) is 21.5 Å². The van der Waals surface area contributed by atoms with Gasteiger partial charge in [-0.3, -0.25) is 0 Å². The van der Waals surface area contributed by atoms with Crippen molar-refractivity contribution in [2.45, 2.75) is 26.8 Å². The van der Waals surface area contributed by atoms with Gasteiger partial charge in [0.25, 0.3) is 0 Å². The maximum Gasteiger partial charge on any atom is 0.134 e. The molecule has 1 N–H and O–H groups in total. The highest BCUT2D eigenvalue weighted by atomic mass is 79.9. The second kappa shape index (κ2) is 6.59. The Balaban J connectivity index is 2.36. The van der Waals surface area contributed by atoms with Crippen LogP contribution in [0.15, 0.2) is 22.7 Å². The van der Waals surface area contributed by atoms with E-state index >= 15 is 0 Å². The Bertz CT molecular complexity index is 569. The van der Waals surface area contributed by atoms with E-state index in [4.69, 9.17) is 0 Å². The highest BCUT2D eigenvalue weighted by Gasteiger charge is 2.14. The number of hydrogen-bond donors (Lipinski definition) is 1. The highest BCUT2D eigenvalue weighted by Crippen LogP contribution is 2.31. The Morgan fingerprint density at radius 3 is 2.79 bits per heavy atom. The molecular formula is C14H16BrFN2S. The monoisotopic (exact) mass is 342 g/mol. The maximum atomic E-state index is 14.0. The van der Waals surface area contributed by atoms with Crippen LogP contribution in [0.2, 0.25) is 0 Å².